The molecule has 0 fully saturated rings. The number of rotatable bonds is 10. The first kappa shape index (κ1) is 19.3. The van der Waals surface area contributed by atoms with Crippen molar-refractivity contribution >= 4 is 10.8 Å². The normalized spacial score (nSPS) is 17.0. The Hall–Kier alpha value is -0.710. The molecule has 0 aliphatic carbocycles. The van der Waals surface area contributed by atoms with E-state index in [9.17, 15) is 14.4 Å². The fourth-order valence-electron chi connectivity index (χ4n) is 2.39. The Morgan fingerprint density at radius 2 is 1.68 bits per heavy atom. The third kappa shape index (κ3) is 6.59. The summed E-state index contributed by atoms with van der Waals surface area (Å²) in [5, 5.41) is 20.4. The third-order valence-electron chi connectivity index (χ3n) is 4.17. The first-order valence-electron chi connectivity index (χ1n) is 8.26. The molecule has 1 rings (SSSR count). The zero-order valence-electron chi connectivity index (χ0n) is 14.0. The van der Waals surface area contributed by atoms with E-state index < -0.39 is 23.0 Å². The second kappa shape index (κ2) is 10.1. The van der Waals surface area contributed by atoms with Gasteiger partial charge in [-0.15, -0.1) is 0 Å². The van der Waals surface area contributed by atoms with Crippen molar-refractivity contribution in [3.8, 4) is 0 Å². The molecule has 0 heterocycles. The highest BCUT2D eigenvalue weighted by Crippen LogP contribution is 2.18. The molecular formula is C18H30O3S. The minimum Gasteiger partial charge on any atom is -0.393 e. The summed E-state index contributed by atoms with van der Waals surface area (Å²) >= 11 is 0. The number of aliphatic hydroxyl groups excluding tert-OH is 2. The molecule has 0 radical (unpaired) electrons. The van der Waals surface area contributed by atoms with Crippen LogP contribution in [0.2, 0.25) is 0 Å². The predicted molar refractivity (Wildman–Crippen MR) is 92.4 cm³/mol. The van der Waals surface area contributed by atoms with Crippen LogP contribution in [0.1, 0.15) is 51.5 Å². The first-order chi connectivity index (χ1) is 10.5. The van der Waals surface area contributed by atoms with Crippen molar-refractivity contribution in [1.29, 1.82) is 0 Å². The Morgan fingerprint density at radius 3 is 2.27 bits per heavy atom. The minimum absolute atomic E-state index is 0.177. The summed E-state index contributed by atoms with van der Waals surface area (Å²) in [6.45, 7) is 5.98. The average Bonchev–Trinajstić information content (AvgIpc) is 2.51. The van der Waals surface area contributed by atoms with Gasteiger partial charge in [0.05, 0.1) is 28.8 Å². The van der Waals surface area contributed by atoms with Gasteiger partial charge in [-0.05, 0) is 25.5 Å². The van der Waals surface area contributed by atoms with Gasteiger partial charge in [0.25, 0.3) is 0 Å². The van der Waals surface area contributed by atoms with Gasteiger partial charge in [0.2, 0.25) is 0 Å². The van der Waals surface area contributed by atoms with Crippen LogP contribution in [0, 0.1) is 12.8 Å². The molecule has 4 atom stereocenters. The molecule has 1 unspecified atom stereocenters. The Morgan fingerprint density at radius 1 is 1.05 bits per heavy atom. The van der Waals surface area contributed by atoms with Gasteiger partial charge in [0.15, 0.2) is 0 Å². The summed E-state index contributed by atoms with van der Waals surface area (Å²) in [6, 6.07) is 7.52. The molecule has 4 heteroatoms. The van der Waals surface area contributed by atoms with E-state index in [1.54, 1.807) is 0 Å². The van der Waals surface area contributed by atoms with E-state index in [-0.39, 0.29) is 11.7 Å². The minimum atomic E-state index is -1.23. The zero-order valence-corrected chi connectivity index (χ0v) is 14.8. The monoisotopic (exact) mass is 326 g/mol. The average molecular weight is 327 g/mol. The molecule has 22 heavy (non-hydrogen) atoms. The summed E-state index contributed by atoms with van der Waals surface area (Å²) in [4.78, 5) is 0.731. The SMILES string of the molecule is CCCCCC[C@@H](O)[C@H](C)[C@@H](O)CS(=O)c1ccc(C)cc1. The van der Waals surface area contributed by atoms with E-state index >= 15 is 0 Å². The maximum atomic E-state index is 12.3. The van der Waals surface area contributed by atoms with Crippen LogP contribution < -0.4 is 0 Å². The van der Waals surface area contributed by atoms with Gasteiger partial charge in [-0.1, -0.05) is 57.2 Å². The Bertz CT molecular complexity index is 444. The molecule has 0 aliphatic heterocycles. The van der Waals surface area contributed by atoms with Gasteiger partial charge in [0.1, 0.15) is 0 Å². The van der Waals surface area contributed by atoms with E-state index in [1.807, 2.05) is 38.1 Å². The van der Waals surface area contributed by atoms with Crippen molar-refractivity contribution in [3.05, 3.63) is 29.8 Å². The number of aliphatic hydroxyl groups is 2. The van der Waals surface area contributed by atoms with Crippen LogP contribution in [0.15, 0.2) is 29.2 Å². The van der Waals surface area contributed by atoms with Gasteiger partial charge in [0, 0.05) is 10.8 Å². The molecule has 0 bridgehead atoms. The quantitative estimate of drug-likeness (QED) is 0.648. The van der Waals surface area contributed by atoms with E-state index in [2.05, 4.69) is 6.92 Å². The molecule has 0 saturated carbocycles. The fraction of sp³-hybridized carbons (Fsp3) is 0.667. The van der Waals surface area contributed by atoms with Crippen molar-refractivity contribution < 1.29 is 14.4 Å². The number of aryl methyl sites for hydroxylation is 1. The summed E-state index contributed by atoms with van der Waals surface area (Å²) in [5.41, 5.74) is 1.12. The van der Waals surface area contributed by atoms with E-state index in [0.717, 1.165) is 23.3 Å². The second-order valence-electron chi connectivity index (χ2n) is 6.17. The zero-order chi connectivity index (χ0) is 16.5. The molecule has 1 aromatic carbocycles. The first-order valence-corrected chi connectivity index (χ1v) is 9.58. The van der Waals surface area contributed by atoms with Crippen molar-refractivity contribution in [1.82, 2.24) is 0 Å². The van der Waals surface area contributed by atoms with E-state index in [1.165, 1.54) is 12.8 Å². The van der Waals surface area contributed by atoms with Crippen LogP contribution in [0.5, 0.6) is 0 Å². The van der Waals surface area contributed by atoms with Crippen LogP contribution in [0.4, 0.5) is 0 Å². The van der Waals surface area contributed by atoms with E-state index in [0.29, 0.717) is 6.42 Å². The smallest absolute Gasteiger partial charge is 0.0709 e. The molecule has 126 valence electrons. The third-order valence-corrected chi connectivity index (χ3v) is 5.62. The van der Waals surface area contributed by atoms with Gasteiger partial charge < -0.3 is 10.2 Å². The molecule has 0 amide bonds. The Balaban J connectivity index is 2.43. The maximum absolute atomic E-state index is 12.3. The van der Waals surface area contributed by atoms with Crippen molar-refractivity contribution in [2.24, 2.45) is 5.92 Å². The fourth-order valence-corrected chi connectivity index (χ4v) is 3.64. The second-order valence-corrected chi connectivity index (χ2v) is 7.66. The van der Waals surface area contributed by atoms with Crippen LogP contribution in [0.25, 0.3) is 0 Å². The van der Waals surface area contributed by atoms with Gasteiger partial charge in [-0.2, -0.15) is 0 Å². The lowest BCUT2D eigenvalue weighted by Gasteiger charge is -2.24. The molecule has 0 spiro atoms. The molecule has 0 saturated heterocycles. The highest BCUT2D eigenvalue weighted by atomic mass is 32.2. The number of hydrogen-bond donors (Lipinski definition) is 2. The standard InChI is InChI=1S/C18H30O3S/c1-4-5-6-7-8-17(19)15(3)18(20)13-22(21)16-11-9-14(2)10-12-16/h9-12,15,17-20H,4-8,13H2,1-3H3/t15-,17+,18-,22?/m0/s1. The summed E-state index contributed by atoms with van der Waals surface area (Å²) in [6.07, 6.45) is 3.88. The maximum Gasteiger partial charge on any atom is 0.0709 e. The highest BCUT2D eigenvalue weighted by molar-refractivity contribution is 7.85. The molecular weight excluding hydrogens is 296 g/mol. The highest BCUT2D eigenvalue weighted by Gasteiger charge is 2.24. The summed E-state index contributed by atoms with van der Waals surface area (Å²) in [7, 11) is -1.23. The van der Waals surface area contributed by atoms with Gasteiger partial charge in [-0.3, -0.25) is 4.21 Å². The topological polar surface area (TPSA) is 57.5 Å². The number of hydrogen-bond acceptors (Lipinski definition) is 3. The van der Waals surface area contributed by atoms with Crippen molar-refractivity contribution in [2.75, 3.05) is 5.75 Å². The van der Waals surface area contributed by atoms with Crippen molar-refractivity contribution in [2.45, 2.75) is 70.0 Å². The van der Waals surface area contributed by atoms with Gasteiger partial charge in [-0.25, -0.2) is 0 Å². The Kier molecular flexibility index (Phi) is 8.91. The predicted octanol–water partition coefficient (Wildman–Crippen LogP) is 3.43. The lowest BCUT2D eigenvalue weighted by Crippen LogP contribution is -2.33. The van der Waals surface area contributed by atoms with Crippen LogP contribution in [0.3, 0.4) is 0 Å². The summed E-state index contributed by atoms with van der Waals surface area (Å²) in [5.74, 6) is -0.0768. The largest absolute Gasteiger partial charge is 0.393 e. The van der Waals surface area contributed by atoms with Gasteiger partial charge >= 0.3 is 0 Å². The van der Waals surface area contributed by atoms with E-state index in [4.69, 9.17) is 0 Å². The molecule has 3 nitrogen and oxygen atoms in total. The number of benzene rings is 1. The summed E-state index contributed by atoms with van der Waals surface area (Å²) < 4.78 is 12.3. The molecule has 2 N–H and O–H groups in total. The molecule has 0 aromatic heterocycles. The Labute approximate surface area is 137 Å². The lowest BCUT2D eigenvalue weighted by atomic mass is 9.94. The van der Waals surface area contributed by atoms with Crippen LogP contribution in [-0.4, -0.2) is 32.4 Å². The number of unbranched alkanes of at least 4 members (excludes halogenated alkanes) is 3. The van der Waals surface area contributed by atoms with Crippen molar-refractivity contribution in [3.63, 3.8) is 0 Å². The molecule has 1 aromatic rings. The lowest BCUT2D eigenvalue weighted by molar-refractivity contribution is 0.0276. The van der Waals surface area contributed by atoms with Crippen LogP contribution in [-0.2, 0) is 10.8 Å². The van der Waals surface area contributed by atoms with Crippen LogP contribution >= 0.6 is 0 Å². The molecule has 0 aliphatic rings.